The molecule has 0 bridgehead atoms. The lowest BCUT2D eigenvalue weighted by atomic mass is 10.3. The fourth-order valence-corrected chi connectivity index (χ4v) is 6.90. The zero-order valence-electron chi connectivity index (χ0n) is 14.4. The van der Waals surface area contributed by atoms with Crippen molar-refractivity contribution in [3.05, 3.63) is 91.0 Å². The highest BCUT2D eigenvalue weighted by atomic mass is 28.4. The lowest BCUT2D eigenvalue weighted by molar-refractivity contribution is -0.134. The molecule has 0 radical (unpaired) electrons. The molecule has 0 aliphatic rings. The van der Waals surface area contributed by atoms with E-state index >= 15 is 0 Å². The molecule has 0 N–H and O–H groups in total. The molecule has 3 rings (SSSR count). The van der Waals surface area contributed by atoms with Gasteiger partial charge in [0.25, 0.3) is 5.97 Å². The number of hydrogen-bond donors (Lipinski definition) is 0. The third-order valence-electron chi connectivity index (χ3n) is 4.26. The zero-order chi connectivity index (χ0) is 17.5. The van der Waals surface area contributed by atoms with Crippen LogP contribution >= 0.6 is 0 Å². The average Bonchev–Trinajstić information content (AvgIpc) is 2.68. The van der Waals surface area contributed by atoms with Crippen molar-refractivity contribution >= 4 is 29.8 Å². The van der Waals surface area contributed by atoms with Crippen LogP contribution in [0.3, 0.4) is 0 Å². The second kappa shape index (κ2) is 7.95. The lowest BCUT2D eigenvalue weighted by Crippen LogP contribution is -2.70. The van der Waals surface area contributed by atoms with Gasteiger partial charge in [0.1, 0.15) is 0 Å². The predicted molar refractivity (Wildman–Crippen MR) is 105 cm³/mol. The molecule has 0 fully saturated rings. The fraction of sp³-hybridized carbons (Fsp3) is 0.136. The summed E-state index contributed by atoms with van der Waals surface area (Å²) in [7, 11) is -2.87. The van der Waals surface area contributed by atoms with Gasteiger partial charge in [0.15, 0.2) is 0 Å². The summed E-state index contributed by atoms with van der Waals surface area (Å²) in [5, 5.41) is 3.24. The summed E-state index contributed by atoms with van der Waals surface area (Å²) in [5.74, 6) is -0.134. The smallest absolute Gasteiger partial charge is 0.350 e. The maximum atomic E-state index is 12.6. The Balaban J connectivity index is 2.26. The molecule has 0 aromatic heterocycles. The molecule has 2 nitrogen and oxygen atoms in total. The zero-order valence-corrected chi connectivity index (χ0v) is 15.4. The quantitative estimate of drug-likeness (QED) is 0.507. The van der Waals surface area contributed by atoms with Crippen molar-refractivity contribution in [1.82, 2.24) is 0 Å². The van der Waals surface area contributed by atoms with E-state index in [9.17, 15) is 4.79 Å². The first kappa shape index (κ1) is 17.2. The minimum atomic E-state index is -2.87. The normalized spacial score (nSPS) is 11.1. The second-order valence-corrected chi connectivity index (χ2v) is 9.30. The van der Waals surface area contributed by atoms with Gasteiger partial charge in [0.2, 0.25) is 0 Å². The molecule has 0 amide bonds. The van der Waals surface area contributed by atoms with Gasteiger partial charge in [-0.25, -0.2) is 0 Å². The van der Waals surface area contributed by atoms with Crippen LogP contribution in [0.1, 0.15) is 19.8 Å². The predicted octanol–water partition coefficient (Wildman–Crippen LogP) is 3.00. The number of carbonyl (C=O) groups excluding carboxylic acids is 1. The number of benzene rings is 3. The molecule has 126 valence electrons. The molecule has 0 atom stereocenters. The summed E-state index contributed by atoms with van der Waals surface area (Å²) in [4.78, 5) is 12.6. The Labute approximate surface area is 150 Å². The van der Waals surface area contributed by atoms with E-state index in [0.29, 0.717) is 6.42 Å². The summed E-state index contributed by atoms with van der Waals surface area (Å²) >= 11 is 0. The molecular weight excluding hydrogens is 324 g/mol. The van der Waals surface area contributed by atoms with E-state index in [2.05, 4.69) is 36.4 Å². The number of carbonyl (C=O) groups is 1. The Morgan fingerprint density at radius 1 is 0.720 bits per heavy atom. The Kier molecular flexibility index (Phi) is 5.46. The van der Waals surface area contributed by atoms with E-state index in [0.717, 1.165) is 22.0 Å². The monoisotopic (exact) mass is 346 g/mol. The molecule has 3 heteroatoms. The molecule has 3 aromatic carbocycles. The summed E-state index contributed by atoms with van der Waals surface area (Å²) in [6.45, 7) is 2.00. The molecule has 0 saturated heterocycles. The first-order valence-corrected chi connectivity index (χ1v) is 10.6. The van der Waals surface area contributed by atoms with Crippen molar-refractivity contribution in [3.8, 4) is 0 Å². The molecule has 0 heterocycles. The number of rotatable bonds is 6. The summed E-state index contributed by atoms with van der Waals surface area (Å²) in [5.41, 5.74) is 0. The van der Waals surface area contributed by atoms with Gasteiger partial charge >= 0.3 is 8.32 Å². The fourth-order valence-electron chi connectivity index (χ4n) is 3.12. The van der Waals surface area contributed by atoms with Gasteiger partial charge in [-0.15, -0.1) is 0 Å². The van der Waals surface area contributed by atoms with Crippen LogP contribution in [0.25, 0.3) is 0 Å². The summed E-state index contributed by atoms with van der Waals surface area (Å²) in [6.07, 6.45) is 1.21. The van der Waals surface area contributed by atoms with Gasteiger partial charge in [-0.3, -0.25) is 4.79 Å². The van der Waals surface area contributed by atoms with Gasteiger partial charge in [-0.1, -0.05) is 97.9 Å². The number of hydrogen-bond acceptors (Lipinski definition) is 2. The van der Waals surface area contributed by atoms with Crippen molar-refractivity contribution < 1.29 is 9.22 Å². The minimum Gasteiger partial charge on any atom is -0.506 e. The molecule has 0 aliphatic carbocycles. The summed E-state index contributed by atoms with van der Waals surface area (Å²) in [6, 6.07) is 30.5. The van der Waals surface area contributed by atoms with Crippen LogP contribution in [0, 0.1) is 0 Å². The second-order valence-electron chi connectivity index (χ2n) is 6.00. The first-order chi connectivity index (χ1) is 12.3. The highest BCUT2D eigenvalue weighted by Crippen LogP contribution is 2.11. The van der Waals surface area contributed by atoms with Gasteiger partial charge in [0.05, 0.1) is 0 Å². The molecule has 0 saturated carbocycles. The maximum Gasteiger partial charge on any atom is 0.350 e. The molecule has 0 unspecified atom stereocenters. The van der Waals surface area contributed by atoms with Crippen molar-refractivity contribution in [2.24, 2.45) is 0 Å². The molecule has 25 heavy (non-hydrogen) atoms. The van der Waals surface area contributed by atoms with E-state index in [4.69, 9.17) is 4.43 Å². The van der Waals surface area contributed by atoms with Crippen LogP contribution < -0.4 is 15.6 Å². The van der Waals surface area contributed by atoms with E-state index < -0.39 is 8.32 Å². The largest absolute Gasteiger partial charge is 0.506 e. The molecule has 3 aromatic rings. The lowest BCUT2D eigenvalue weighted by Gasteiger charge is -2.32. The Morgan fingerprint density at radius 3 is 1.40 bits per heavy atom. The molecule has 0 aliphatic heterocycles. The van der Waals surface area contributed by atoms with E-state index in [1.807, 2.05) is 61.5 Å². The van der Waals surface area contributed by atoms with Gasteiger partial charge < -0.3 is 4.43 Å². The average molecular weight is 347 g/mol. The SMILES string of the molecule is CCCC(=O)O[Si](c1ccccc1)(c1ccccc1)c1ccccc1. The van der Waals surface area contributed by atoms with Crippen LogP contribution in [0.5, 0.6) is 0 Å². The van der Waals surface area contributed by atoms with Crippen molar-refractivity contribution in [1.29, 1.82) is 0 Å². The van der Waals surface area contributed by atoms with E-state index in [1.54, 1.807) is 0 Å². The highest BCUT2D eigenvalue weighted by molar-refractivity contribution is 7.07. The van der Waals surface area contributed by atoms with Crippen molar-refractivity contribution in [2.75, 3.05) is 0 Å². The van der Waals surface area contributed by atoms with E-state index in [1.165, 1.54) is 0 Å². The maximum absolute atomic E-state index is 12.6. The van der Waals surface area contributed by atoms with Crippen LogP contribution in [-0.4, -0.2) is 14.3 Å². The van der Waals surface area contributed by atoms with E-state index in [-0.39, 0.29) is 5.97 Å². The molecule has 0 spiro atoms. The topological polar surface area (TPSA) is 26.3 Å². The summed E-state index contributed by atoms with van der Waals surface area (Å²) < 4.78 is 6.34. The van der Waals surface area contributed by atoms with Crippen LogP contribution in [0.4, 0.5) is 0 Å². The Bertz CT molecular complexity index is 705. The van der Waals surface area contributed by atoms with Gasteiger partial charge in [-0.2, -0.15) is 0 Å². The standard InChI is InChI=1S/C22H22O2Si/c1-2-12-22(23)24-25(19-13-6-3-7-14-19,20-15-8-4-9-16-20)21-17-10-5-11-18-21/h3-11,13-18H,2,12H2,1H3. The van der Waals surface area contributed by atoms with Crippen molar-refractivity contribution in [2.45, 2.75) is 19.8 Å². The van der Waals surface area contributed by atoms with Gasteiger partial charge in [-0.05, 0) is 22.0 Å². The minimum absolute atomic E-state index is 0.134. The Hall–Kier alpha value is -2.65. The molecular formula is C22H22O2Si. The van der Waals surface area contributed by atoms with Gasteiger partial charge in [0, 0.05) is 6.42 Å². The first-order valence-electron chi connectivity index (χ1n) is 8.66. The van der Waals surface area contributed by atoms with Crippen molar-refractivity contribution in [3.63, 3.8) is 0 Å². The highest BCUT2D eigenvalue weighted by Gasteiger charge is 2.44. The van der Waals surface area contributed by atoms with Crippen LogP contribution in [0.2, 0.25) is 0 Å². The van der Waals surface area contributed by atoms with Crippen LogP contribution in [0.15, 0.2) is 91.0 Å². The Morgan fingerprint density at radius 2 is 1.08 bits per heavy atom. The third-order valence-corrected chi connectivity index (χ3v) is 8.24. The van der Waals surface area contributed by atoms with Crippen LogP contribution in [-0.2, 0) is 9.22 Å². The third kappa shape index (κ3) is 3.56.